The number of H-pyrrole nitrogens is 1. The monoisotopic (exact) mass is 391 g/mol. The van der Waals surface area contributed by atoms with Crippen LogP contribution in [0.1, 0.15) is 31.5 Å². The predicted molar refractivity (Wildman–Crippen MR) is 92.7 cm³/mol. The molecule has 4 N–H and O–H groups in total. The number of aromatic nitrogens is 3. The second-order valence-electron chi connectivity index (χ2n) is 5.93. The minimum absolute atomic E-state index is 0. The lowest BCUT2D eigenvalue weighted by Gasteiger charge is -2.17. The zero-order valence-electron chi connectivity index (χ0n) is 13.8. The molecule has 0 aliphatic heterocycles. The van der Waals surface area contributed by atoms with Crippen molar-refractivity contribution in [3.63, 3.8) is 0 Å². The summed E-state index contributed by atoms with van der Waals surface area (Å²) in [5, 5.41) is 3.97. The molecule has 1 aliphatic carbocycles. The Hall–Kier alpha value is -1.46. The van der Waals surface area contributed by atoms with E-state index in [0.29, 0.717) is 18.1 Å². The Labute approximate surface area is 152 Å². The van der Waals surface area contributed by atoms with Crippen LogP contribution in [0.5, 0.6) is 0 Å². The number of rotatable bonds is 7. The molecule has 1 fully saturated rings. The summed E-state index contributed by atoms with van der Waals surface area (Å²) in [4.78, 5) is 7.28. The van der Waals surface area contributed by atoms with E-state index in [-0.39, 0.29) is 29.7 Å². The SMILES string of the molecule is COCCNS(=O)(=O)c1c[nH]c(-c2nc(C3(N)CCCC3)no2)c1.Cl. The van der Waals surface area contributed by atoms with Gasteiger partial charge in [-0.1, -0.05) is 18.0 Å². The first-order valence-corrected chi connectivity index (χ1v) is 9.23. The molecule has 1 saturated carbocycles. The number of nitrogens with zero attached hydrogens (tertiary/aromatic N) is 2. The number of ether oxygens (including phenoxy) is 1. The van der Waals surface area contributed by atoms with Crippen molar-refractivity contribution in [2.45, 2.75) is 36.1 Å². The van der Waals surface area contributed by atoms with Gasteiger partial charge in [-0.25, -0.2) is 13.1 Å². The molecule has 0 radical (unpaired) electrons. The van der Waals surface area contributed by atoms with Gasteiger partial charge in [0.25, 0.3) is 5.89 Å². The van der Waals surface area contributed by atoms with Crippen molar-refractivity contribution in [1.82, 2.24) is 19.8 Å². The fourth-order valence-corrected chi connectivity index (χ4v) is 3.78. The summed E-state index contributed by atoms with van der Waals surface area (Å²) in [6.07, 6.45) is 5.10. The average Bonchev–Trinajstić information content (AvgIpc) is 3.27. The lowest BCUT2D eigenvalue weighted by molar-refractivity contribution is 0.204. The molecule has 2 aromatic heterocycles. The van der Waals surface area contributed by atoms with Crippen LogP contribution in [0.15, 0.2) is 21.7 Å². The summed E-state index contributed by atoms with van der Waals surface area (Å²) >= 11 is 0. The summed E-state index contributed by atoms with van der Waals surface area (Å²) in [5.41, 5.74) is 6.18. The van der Waals surface area contributed by atoms with Gasteiger partial charge >= 0.3 is 0 Å². The number of aromatic amines is 1. The number of nitrogens with one attached hydrogen (secondary N) is 2. The number of hydrogen-bond acceptors (Lipinski definition) is 7. The first-order valence-electron chi connectivity index (χ1n) is 7.75. The van der Waals surface area contributed by atoms with Crippen LogP contribution >= 0.6 is 12.4 Å². The molecular formula is C14H22ClN5O4S. The molecule has 3 rings (SSSR count). The third kappa shape index (κ3) is 4.21. The molecule has 140 valence electrons. The van der Waals surface area contributed by atoms with E-state index in [2.05, 4.69) is 19.8 Å². The van der Waals surface area contributed by atoms with Gasteiger partial charge in [0.15, 0.2) is 5.82 Å². The van der Waals surface area contributed by atoms with Gasteiger partial charge in [0.1, 0.15) is 10.6 Å². The Morgan fingerprint density at radius 1 is 1.44 bits per heavy atom. The van der Waals surface area contributed by atoms with Crippen LogP contribution in [0.25, 0.3) is 11.6 Å². The van der Waals surface area contributed by atoms with E-state index in [1.54, 1.807) is 0 Å². The molecule has 9 nitrogen and oxygen atoms in total. The fraction of sp³-hybridized carbons (Fsp3) is 0.571. The highest BCUT2D eigenvalue weighted by molar-refractivity contribution is 7.89. The topological polar surface area (TPSA) is 136 Å². The van der Waals surface area contributed by atoms with Crippen molar-refractivity contribution >= 4 is 22.4 Å². The number of sulfonamides is 1. The first kappa shape index (κ1) is 19.9. The van der Waals surface area contributed by atoms with E-state index in [9.17, 15) is 8.42 Å². The molecule has 0 bridgehead atoms. The minimum atomic E-state index is -3.62. The summed E-state index contributed by atoms with van der Waals surface area (Å²) < 4.78 is 36.8. The number of hydrogen-bond donors (Lipinski definition) is 3. The maximum absolute atomic E-state index is 12.1. The third-order valence-corrected chi connectivity index (χ3v) is 5.60. The maximum Gasteiger partial charge on any atom is 0.274 e. The smallest absolute Gasteiger partial charge is 0.274 e. The third-order valence-electron chi connectivity index (χ3n) is 4.16. The van der Waals surface area contributed by atoms with Crippen molar-refractivity contribution in [3.05, 3.63) is 18.1 Å². The molecule has 2 heterocycles. The molecule has 1 aliphatic rings. The van der Waals surface area contributed by atoms with Crippen LogP contribution in [-0.4, -0.2) is 43.8 Å². The van der Waals surface area contributed by atoms with E-state index >= 15 is 0 Å². The van der Waals surface area contributed by atoms with Gasteiger partial charge in [0, 0.05) is 19.9 Å². The number of halogens is 1. The zero-order valence-corrected chi connectivity index (χ0v) is 15.5. The van der Waals surface area contributed by atoms with Gasteiger partial charge in [0.2, 0.25) is 10.0 Å². The molecule has 2 aromatic rings. The summed E-state index contributed by atoms with van der Waals surface area (Å²) in [6.45, 7) is 0.488. The standard InChI is InChI=1S/C14H21N5O4S.ClH/c1-22-7-6-17-24(20,21)10-8-11(16-9-10)12-18-13(19-23-12)14(15)4-2-3-5-14;/h8-9,16-17H,2-7,15H2,1H3;1H. The summed E-state index contributed by atoms with van der Waals surface area (Å²) in [7, 11) is -2.11. The quantitative estimate of drug-likeness (QED) is 0.602. The maximum atomic E-state index is 12.1. The average molecular weight is 392 g/mol. The highest BCUT2D eigenvalue weighted by Gasteiger charge is 2.36. The van der Waals surface area contributed by atoms with Crippen molar-refractivity contribution in [1.29, 1.82) is 0 Å². The van der Waals surface area contributed by atoms with Crippen LogP contribution in [0.3, 0.4) is 0 Å². The van der Waals surface area contributed by atoms with Gasteiger partial charge in [-0.2, -0.15) is 4.98 Å². The number of methoxy groups -OCH3 is 1. The largest absolute Gasteiger partial charge is 0.383 e. The Bertz CT molecular complexity index is 798. The molecule has 0 amide bonds. The Morgan fingerprint density at radius 3 is 2.84 bits per heavy atom. The van der Waals surface area contributed by atoms with Gasteiger partial charge in [-0.15, -0.1) is 12.4 Å². The highest BCUT2D eigenvalue weighted by Crippen LogP contribution is 2.35. The minimum Gasteiger partial charge on any atom is -0.383 e. The van der Waals surface area contributed by atoms with E-state index in [1.165, 1.54) is 19.4 Å². The molecule has 0 saturated heterocycles. The molecule has 0 aromatic carbocycles. The van der Waals surface area contributed by atoms with Crippen molar-refractivity contribution in [3.8, 4) is 11.6 Å². The molecule has 0 unspecified atom stereocenters. The van der Waals surface area contributed by atoms with Crippen LogP contribution in [0.4, 0.5) is 0 Å². The van der Waals surface area contributed by atoms with Crippen LogP contribution < -0.4 is 10.5 Å². The predicted octanol–water partition coefficient (Wildman–Crippen LogP) is 1.14. The Balaban J connectivity index is 0.00000225. The normalized spacial score (nSPS) is 16.7. The van der Waals surface area contributed by atoms with E-state index in [1.807, 2.05) is 0 Å². The molecular weight excluding hydrogens is 370 g/mol. The van der Waals surface area contributed by atoms with Gasteiger partial charge < -0.3 is 20.0 Å². The lowest BCUT2D eigenvalue weighted by Crippen LogP contribution is -2.34. The fourth-order valence-electron chi connectivity index (χ4n) is 2.78. The van der Waals surface area contributed by atoms with Gasteiger partial charge in [-0.3, -0.25) is 0 Å². The van der Waals surface area contributed by atoms with Crippen LogP contribution in [-0.2, 0) is 20.3 Å². The lowest BCUT2D eigenvalue weighted by atomic mass is 9.99. The van der Waals surface area contributed by atoms with Gasteiger partial charge in [0.05, 0.1) is 12.1 Å². The second kappa shape index (κ2) is 7.83. The first-order chi connectivity index (χ1) is 11.4. The van der Waals surface area contributed by atoms with Crippen molar-refractivity contribution in [2.75, 3.05) is 20.3 Å². The van der Waals surface area contributed by atoms with Crippen molar-refractivity contribution in [2.24, 2.45) is 5.73 Å². The molecule has 11 heteroatoms. The van der Waals surface area contributed by atoms with E-state index in [0.717, 1.165) is 25.7 Å². The van der Waals surface area contributed by atoms with E-state index in [4.69, 9.17) is 15.0 Å². The van der Waals surface area contributed by atoms with E-state index < -0.39 is 15.6 Å². The molecule has 0 atom stereocenters. The summed E-state index contributed by atoms with van der Waals surface area (Å²) in [6, 6.07) is 1.45. The highest BCUT2D eigenvalue weighted by atomic mass is 35.5. The van der Waals surface area contributed by atoms with Crippen LogP contribution in [0.2, 0.25) is 0 Å². The van der Waals surface area contributed by atoms with Crippen molar-refractivity contribution < 1.29 is 17.7 Å². The van der Waals surface area contributed by atoms with Gasteiger partial charge in [-0.05, 0) is 18.9 Å². The second-order valence-corrected chi connectivity index (χ2v) is 7.69. The zero-order chi connectivity index (χ0) is 17.2. The van der Waals surface area contributed by atoms with Crippen LogP contribution in [0, 0.1) is 0 Å². The molecule has 0 spiro atoms. The Kier molecular flexibility index (Phi) is 6.22. The summed E-state index contributed by atoms with van der Waals surface area (Å²) in [5.74, 6) is 0.687. The molecule has 25 heavy (non-hydrogen) atoms. The Morgan fingerprint density at radius 2 is 2.16 bits per heavy atom. The number of nitrogens with two attached hydrogens (primary N) is 1.